The Labute approximate surface area is 145 Å². The molecule has 0 aliphatic carbocycles. The summed E-state index contributed by atoms with van der Waals surface area (Å²) in [6.45, 7) is 4.52. The third-order valence-electron chi connectivity index (χ3n) is 4.05. The molecule has 25 heavy (non-hydrogen) atoms. The van der Waals surface area contributed by atoms with Crippen molar-refractivity contribution in [2.75, 3.05) is 32.7 Å². The van der Waals surface area contributed by atoms with Gasteiger partial charge in [0.25, 0.3) is 0 Å². The van der Waals surface area contributed by atoms with E-state index < -0.39 is 6.03 Å². The maximum absolute atomic E-state index is 12.0. The van der Waals surface area contributed by atoms with Gasteiger partial charge in [-0.15, -0.1) is 0 Å². The molecule has 1 aliphatic rings. The minimum absolute atomic E-state index is 0.211. The SMILES string of the molecule is O=C(CN1CCN(Cc2ccco2)CC1)NC(=O)NCc1ccco1. The predicted octanol–water partition coefficient (Wildman–Crippen LogP) is 1.02. The van der Waals surface area contributed by atoms with Crippen LogP contribution in [0.2, 0.25) is 0 Å². The molecule has 134 valence electrons. The van der Waals surface area contributed by atoms with Crippen molar-refractivity contribution in [2.45, 2.75) is 13.1 Å². The number of furan rings is 2. The number of hydrogen-bond donors (Lipinski definition) is 2. The predicted molar refractivity (Wildman–Crippen MR) is 89.5 cm³/mol. The summed E-state index contributed by atoms with van der Waals surface area (Å²) < 4.78 is 10.5. The van der Waals surface area contributed by atoms with Crippen molar-refractivity contribution in [2.24, 2.45) is 0 Å². The average molecular weight is 346 g/mol. The van der Waals surface area contributed by atoms with Crippen LogP contribution in [0, 0.1) is 0 Å². The summed E-state index contributed by atoms with van der Waals surface area (Å²) in [6.07, 6.45) is 3.21. The third-order valence-corrected chi connectivity index (χ3v) is 4.05. The average Bonchev–Trinajstić information content (AvgIpc) is 3.28. The van der Waals surface area contributed by atoms with Gasteiger partial charge in [0, 0.05) is 26.2 Å². The Bertz CT molecular complexity index is 661. The fourth-order valence-corrected chi connectivity index (χ4v) is 2.72. The molecule has 8 nitrogen and oxygen atoms in total. The summed E-state index contributed by atoms with van der Waals surface area (Å²) in [5.74, 6) is 1.27. The zero-order valence-corrected chi connectivity index (χ0v) is 13.9. The number of amides is 3. The van der Waals surface area contributed by atoms with Gasteiger partial charge in [0.15, 0.2) is 0 Å². The first-order valence-electron chi connectivity index (χ1n) is 8.26. The molecule has 0 radical (unpaired) electrons. The van der Waals surface area contributed by atoms with Crippen LogP contribution in [0.25, 0.3) is 0 Å². The van der Waals surface area contributed by atoms with E-state index in [0.29, 0.717) is 5.76 Å². The van der Waals surface area contributed by atoms with E-state index in [1.165, 1.54) is 6.26 Å². The van der Waals surface area contributed by atoms with Gasteiger partial charge in [-0.2, -0.15) is 0 Å². The first-order valence-corrected chi connectivity index (χ1v) is 8.26. The van der Waals surface area contributed by atoms with Crippen molar-refractivity contribution in [3.63, 3.8) is 0 Å². The lowest BCUT2D eigenvalue weighted by molar-refractivity contribution is -0.121. The Balaban J connectivity index is 1.32. The highest BCUT2D eigenvalue weighted by atomic mass is 16.3. The lowest BCUT2D eigenvalue weighted by Crippen LogP contribution is -2.50. The summed E-state index contributed by atoms with van der Waals surface area (Å²) in [4.78, 5) is 28.0. The summed E-state index contributed by atoms with van der Waals surface area (Å²) in [6, 6.07) is 6.82. The molecule has 3 amide bonds. The smallest absolute Gasteiger partial charge is 0.321 e. The van der Waals surface area contributed by atoms with Crippen LogP contribution in [-0.4, -0.2) is 54.5 Å². The highest BCUT2D eigenvalue weighted by Crippen LogP contribution is 2.08. The van der Waals surface area contributed by atoms with E-state index in [4.69, 9.17) is 8.83 Å². The van der Waals surface area contributed by atoms with Crippen molar-refractivity contribution < 1.29 is 18.4 Å². The quantitative estimate of drug-likeness (QED) is 0.811. The van der Waals surface area contributed by atoms with Crippen molar-refractivity contribution in [1.82, 2.24) is 20.4 Å². The molecular weight excluding hydrogens is 324 g/mol. The third kappa shape index (κ3) is 5.47. The van der Waals surface area contributed by atoms with Crippen LogP contribution in [0.4, 0.5) is 4.79 Å². The fourth-order valence-electron chi connectivity index (χ4n) is 2.72. The summed E-state index contributed by atoms with van der Waals surface area (Å²) in [7, 11) is 0. The monoisotopic (exact) mass is 346 g/mol. The van der Waals surface area contributed by atoms with Crippen LogP contribution in [0.5, 0.6) is 0 Å². The molecule has 2 aromatic rings. The van der Waals surface area contributed by atoms with Gasteiger partial charge >= 0.3 is 6.03 Å². The molecule has 1 saturated heterocycles. The standard InChI is InChI=1S/C17H22N4O4/c22-16(19-17(23)18-11-14-3-1-9-24-14)13-21-7-5-20(6-8-21)12-15-4-2-10-25-15/h1-4,9-10H,5-8,11-13H2,(H2,18,19,22,23). The molecule has 2 aromatic heterocycles. The van der Waals surface area contributed by atoms with Gasteiger partial charge in [-0.3, -0.25) is 19.9 Å². The second-order valence-corrected chi connectivity index (χ2v) is 5.94. The lowest BCUT2D eigenvalue weighted by atomic mass is 10.3. The van der Waals surface area contributed by atoms with Gasteiger partial charge in [0.05, 0.1) is 32.2 Å². The molecule has 8 heteroatoms. The van der Waals surface area contributed by atoms with Crippen LogP contribution < -0.4 is 10.6 Å². The number of urea groups is 1. The van der Waals surface area contributed by atoms with E-state index in [2.05, 4.69) is 15.5 Å². The lowest BCUT2D eigenvalue weighted by Gasteiger charge is -2.33. The second-order valence-electron chi connectivity index (χ2n) is 5.94. The van der Waals surface area contributed by atoms with Crippen LogP contribution in [0.3, 0.4) is 0 Å². The maximum atomic E-state index is 12.0. The highest BCUT2D eigenvalue weighted by Gasteiger charge is 2.20. The Kier molecular flexibility index (Phi) is 5.86. The van der Waals surface area contributed by atoms with Crippen molar-refractivity contribution in [3.05, 3.63) is 48.3 Å². The topological polar surface area (TPSA) is 91.0 Å². The van der Waals surface area contributed by atoms with E-state index in [1.807, 2.05) is 17.0 Å². The number of carbonyl (C=O) groups is 2. The number of nitrogens with zero attached hydrogens (tertiary/aromatic N) is 2. The number of carbonyl (C=O) groups excluding carboxylic acids is 2. The molecule has 0 bridgehead atoms. The molecular formula is C17H22N4O4. The number of nitrogens with one attached hydrogen (secondary N) is 2. The minimum Gasteiger partial charge on any atom is -0.468 e. The second kappa shape index (κ2) is 8.50. The van der Waals surface area contributed by atoms with E-state index in [-0.39, 0.29) is 19.0 Å². The molecule has 0 atom stereocenters. The zero-order valence-electron chi connectivity index (χ0n) is 13.9. The van der Waals surface area contributed by atoms with Crippen LogP contribution >= 0.6 is 0 Å². The van der Waals surface area contributed by atoms with Crippen molar-refractivity contribution >= 4 is 11.9 Å². The molecule has 1 fully saturated rings. The van der Waals surface area contributed by atoms with Crippen molar-refractivity contribution in [3.8, 4) is 0 Å². The molecule has 0 saturated carbocycles. The fraction of sp³-hybridized carbons (Fsp3) is 0.412. The molecule has 3 heterocycles. The van der Waals surface area contributed by atoms with E-state index in [0.717, 1.165) is 38.5 Å². The summed E-state index contributed by atoms with van der Waals surface area (Å²) in [5, 5.41) is 4.92. The van der Waals surface area contributed by atoms with Gasteiger partial charge in [-0.05, 0) is 24.3 Å². The van der Waals surface area contributed by atoms with E-state index in [1.54, 1.807) is 18.4 Å². The van der Waals surface area contributed by atoms with Gasteiger partial charge < -0.3 is 14.2 Å². The van der Waals surface area contributed by atoms with E-state index in [9.17, 15) is 9.59 Å². The van der Waals surface area contributed by atoms with Crippen LogP contribution in [-0.2, 0) is 17.9 Å². The van der Waals surface area contributed by atoms with Crippen LogP contribution in [0.1, 0.15) is 11.5 Å². The molecule has 2 N–H and O–H groups in total. The molecule has 0 spiro atoms. The number of imide groups is 1. The molecule has 1 aliphatic heterocycles. The number of rotatable bonds is 6. The summed E-state index contributed by atoms with van der Waals surface area (Å²) in [5.41, 5.74) is 0. The minimum atomic E-state index is -0.516. The van der Waals surface area contributed by atoms with Gasteiger partial charge in [0.2, 0.25) is 5.91 Å². The Hall–Kier alpha value is -2.58. The largest absolute Gasteiger partial charge is 0.468 e. The molecule has 0 aromatic carbocycles. The molecule has 0 unspecified atom stereocenters. The Morgan fingerprint density at radius 2 is 1.60 bits per heavy atom. The Morgan fingerprint density at radius 1 is 0.960 bits per heavy atom. The van der Waals surface area contributed by atoms with Gasteiger partial charge in [0.1, 0.15) is 11.5 Å². The van der Waals surface area contributed by atoms with E-state index >= 15 is 0 Å². The highest BCUT2D eigenvalue weighted by molar-refractivity contribution is 5.95. The van der Waals surface area contributed by atoms with Crippen LogP contribution in [0.15, 0.2) is 45.6 Å². The number of piperazine rings is 1. The maximum Gasteiger partial charge on any atom is 0.321 e. The Morgan fingerprint density at radius 3 is 2.24 bits per heavy atom. The number of hydrogen-bond acceptors (Lipinski definition) is 6. The summed E-state index contributed by atoms with van der Waals surface area (Å²) >= 11 is 0. The first-order chi connectivity index (χ1) is 12.2. The van der Waals surface area contributed by atoms with Gasteiger partial charge in [-0.1, -0.05) is 0 Å². The first kappa shape index (κ1) is 17.2. The molecule has 3 rings (SSSR count). The van der Waals surface area contributed by atoms with Gasteiger partial charge in [-0.25, -0.2) is 4.79 Å². The van der Waals surface area contributed by atoms with Crippen molar-refractivity contribution in [1.29, 1.82) is 0 Å². The normalized spacial score (nSPS) is 15.8. The zero-order chi connectivity index (χ0) is 17.5.